The lowest BCUT2D eigenvalue weighted by molar-refractivity contribution is 0.619. The van der Waals surface area contributed by atoms with Gasteiger partial charge in [0.1, 0.15) is 0 Å². The molecule has 0 saturated heterocycles. The van der Waals surface area contributed by atoms with Crippen molar-refractivity contribution in [3.05, 3.63) is 115 Å². The second-order valence-electron chi connectivity index (χ2n) is 7.08. The highest BCUT2D eigenvalue weighted by Crippen LogP contribution is 2.28. The predicted octanol–water partition coefficient (Wildman–Crippen LogP) is 5.28. The minimum Gasteiger partial charge on any atom is -0.346 e. The highest BCUT2D eigenvalue weighted by molar-refractivity contribution is 5.86. The van der Waals surface area contributed by atoms with Crippen LogP contribution in [0.15, 0.2) is 114 Å². The van der Waals surface area contributed by atoms with Gasteiger partial charge < -0.3 is 5.32 Å². The Kier molecular flexibility index (Phi) is 5.22. The molecule has 0 fully saturated rings. The molecule has 1 aliphatic rings. The second kappa shape index (κ2) is 8.63. The Morgan fingerprint density at radius 3 is 2.06 bits per heavy atom. The van der Waals surface area contributed by atoms with Gasteiger partial charge in [0.05, 0.1) is 5.69 Å². The van der Waals surface area contributed by atoms with Gasteiger partial charge in [-0.2, -0.15) is 0 Å². The average molecular weight is 403 g/mol. The van der Waals surface area contributed by atoms with Gasteiger partial charge in [-0.25, -0.2) is 15.0 Å². The summed E-state index contributed by atoms with van der Waals surface area (Å²) in [6.07, 6.45) is 5.23. The van der Waals surface area contributed by atoms with Crippen LogP contribution in [0.3, 0.4) is 0 Å². The van der Waals surface area contributed by atoms with Gasteiger partial charge in [-0.1, -0.05) is 78.9 Å². The molecule has 1 atom stereocenters. The zero-order chi connectivity index (χ0) is 20.9. The Morgan fingerprint density at radius 1 is 0.710 bits per heavy atom. The van der Waals surface area contributed by atoms with E-state index in [-0.39, 0.29) is 6.29 Å². The van der Waals surface area contributed by atoms with Gasteiger partial charge in [-0.05, 0) is 29.8 Å². The maximum Gasteiger partial charge on any atom is 0.233 e. The van der Waals surface area contributed by atoms with E-state index < -0.39 is 0 Å². The summed E-state index contributed by atoms with van der Waals surface area (Å²) < 4.78 is 0. The standard InChI is InChI=1S/C26H21N5/c1-4-10-20(11-5-1)23-16-18-27-25(29-23)31(22-14-8-3-9-15-22)26-28-19-17-24(30-26)21-12-6-2-7-13-21/h1-19,25,29H. The Balaban J connectivity index is 1.54. The largest absolute Gasteiger partial charge is 0.346 e. The lowest BCUT2D eigenvalue weighted by Gasteiger charge is -2.32. The second-order valence-corrected chi connectivity index (χ2v) is 7.08. The number of nitrogens with one attached hydrogen (secondary N) is 1. The smallest absolute Gasteiger partial charge is 0.233 e. The van der Waals surface area contributed by atoms with E-state index in [0.29, 0.717) is 5.95 Å². The summed E-state index contributed by atoms with van der Waals surface area (Å²) >= 11 is 0. The predicted molar refractivity (Wildman–Crippen MR) is 126 cm³/mol. The van der Waals surface area contributed by atoms with Crippen molar-refractivity contribution in [2.45, 2.75) is 6.29 Å². The first kappa shape index (κ1) is 18.8. The lowest BCUT2D eigenvalue weighted by atomic mass is 10.1. The van der Waals surface area contributed by atoms with Crippen LogP contribution in [0.4, 0.5) is 11.6 Å². The first-order valence-corrected chi connectivity index (χ1v) is 10.2. The quantitative estimate of drug-likeness (QED) is 0.493. The van der Waals surface area contributed by atoms with Crippen molar-refractivity contribution in [1.82, 2.24) is 15.3 Å². The average Bonchev–Trinajstić information content (AvgIpc) is 2.86. The van der Waals surface area contributed by atoms with Crippen molar-refractivity contribution < 1.29 is 0 Å². The van der Waals surface area contributed by atoms with E-state index in [9.17, 15) is 0 Å². The Labute approximate surface area is 181 Å². The number of aliphatic imine (C=N–C) groups is 1. The van der Waals surface area contributed by atoms with Gasteiger partial charge >= 0.3 is 0 Å². The molecule has 0 radical (unpaired) electrons. The van der Waals surface area contributed by atoms with Crippen LogP contribution < -0.4 is 10.2 Å². The molecule has 1 aliphatic heterocycles. The van der Waals surface area contributed by atoms with Crippen LogP contribution in [0, 0.1) is 0 Å². The summed E-state index contributed by atoms with van der Waals surface area (Å²) in [4.78, 5) is 16.2. The highest BCUT2D eigenvalue weighted by atomic mass is 15.4. The number of anilines is 2. The summed E-state index contributed by atoms with van der Waals surface area (Å²) in [5.41, 5.74) is 4.97. The molecular formula is C26H21N5. The number of nitrogens with zero attached hydrogens (tertiary/aromatic N) is 4. The van der Waals surface area contributed by atoms with E-state index in [4.69, 9.17) is 9.98 Å². The third-order valence-electron chi connectivity index (χ3n) is 5.04. The Hall–Kier alpha value is -4.25. The molecule has 4 aromatic rings. The number of allylic oxidation sites excluding steroid dienone is 1. The summed E-state index contributed by atoms with van der Waals surface area (Å²) in [6.45, 7) is 0. The maximum absolute atomic E-state index is 4.87. The summed E-state index contributed by atoms with van der Waals surface area (Å²) in [5, 5.41) is 3.54. The number of hydrogen-bond acceptors (Lipinski definition) is 5. The fourth-order valence-electron chi connectivity index (χ4n) is 3.54. The lowest BCUT2D eigenvalue weighted by Crippen LogP contribution is -2.43. The van der Waals surface area contributed by atoms with Crippen LogP contribution in [-0.2, 0) is 0 Å². The SMILES string of the molecule is C1=NC(N(c2ccccc2)c2nccc(-c3ccccc3)n2)NC(c2ccccc2)=C1. The topological polar surface area (TPSA) is 53.4 Å². The van der Waals surface area contributed by atoms with Crippen LogP contribution >= 0.6 is 0 Å². The molecule has 1 N–H and O–H groups in total. The number of benzene rings is 3. The summed E-state index contributed by atoms with van der Waals surface area (Å²) in [6, 6.07) is 32.3. The van der Waals surface area contributed by atoms with Crippen LogP contribution in [0.2, 0.25) is 0 Å². The Morgan fingerprint density at radius 2 is 1.35 bits per heavy atom. The molecule has 5 nitrogen and oxygen atoms in total. The van der Waals surface area contributed by atoms with E-state index in [1.165, 1.54) is 0 Å². The number of rotatable bonds is 5. The third-order valence-corrected chi connectivity index (χ3v) is 5.04. The van der Waals surface area contributed by atoms with E-state index in [0.717, 1.165) is 28.2 Å². The molecule has 5 rings (SSSR count). The zero-order valence-corrected chi connectivity index (χ0v) is 16.8. The first-order chi connectivity index (χ1) is 15.4. The Bertz CT molecular complexity index is 1200. The fourth-order valence-corrected chi connectivity index (χ4v) is 3.54. The van der Waals surface area contributed by atoms with Crippen molar-refractivity contribution in [3.8, 4) is 11.3 Å². The van der Waals surface area contributed by atoms with E-state index in [1.54, 1.807) is 6.20 Å². The van der Waals surface area contributed by atoms with Gasteiger partial charge in [-0.15, -0.1) is 0 Å². The molecule has 1 aromatic heterocycles. The van der Waals surface area contributed by atoms with Crippen LogP contribution in [0.25, 0.3) is 17.0 Å². The van der Waals surface area contributed by atoms with Crippen molar-refractivity contribution in [2.24, 2.45) is 4.99 Å². The number of aromatic nitrogens is 2. The van der Waals surface area contributed by atoms with Gasteiger partial charge in [0.2, 0.25) is 12.2 Å². The van der Waals surface area contributed by atoms with Crippen LogP contribution in [0.1, 0.15) is 5.56 Å². The molecule has 0 amide bonds. The van der Waals surface area contributed by atoms with E-state index in [2.05, 4.69) is 22.4 Å². The number of hydrogen-bond donors (Lipinski definition) is 1. The molecule has 150 valence electrons. The molecule has 1 unspecified atom stereocenters. The van der Waals surface area contributed by atoms with Crippen molar-refractivity contribution in [3.63, 3.8) is 0 Å². The van der Waals surface area contributed by atoms with Crippen molar-refractivity contribution in [1.29, 1.82) is 0 Å². The van der Waals surface area contributed by atoms with Crippen LogP contribution in [0.5, 0.6) is 0 Å². The molecule has 0 spiro atoms. The molecule has 0 saturated carbocycles. The van der Waals surface area contributed by atoms with Crippen LogP contribution in [-0.4, -0.2) is 22.5 Å². The van der Waals surface area contributed by atoms with Gasteiger partial charge in [0.15, 0.2) is 0 Å². The van der Waals surface area contributed by atoms with E-state index >= 15 is 0 Å². The summed E-state index contributed by atoms with van der Waals surface area (Å²) in [5.74, 6) is 0.580. The van der Waals surface area contributed by atoms with E-state index in [1.807, 2.05) is 102 Å². The minimum absolute atomic E-state index is 0.381. The zero-order valence-electron chi connectivity index (χ0n) is 16.8. The normalized spacial score (nSPS) is 15.1. The van der Waals surface area contributed by atoms with Gasteiger partial charge in [-0.3, -0.25) is 4.90 Å². The monoisotopic (exact) mass is 403 g/mol. The fraction of sp³-hybridized carbons (Fsp3) is 0.0385. The molecular weight excluding hydrogens is 382 g/mol. The van der Waals surface area contributed by atoms with Gasteiger partial charge in [0, 0.05) is 29.4 Å². The molecule has 0 aliphatic carbocycles. The highest BCUT2D eigenvalue weighted by Gasteiger charge is 2.25. The third kappa shape index (κ3) is 4.07. The first-order valence-electron chi connectivity index (χ1n) is 10.2. The summed E-state index contributed by atoms with van der Waals surface area (Å²) in [7, 11) is 0. The molecule has 2 heterocycles. The molecule has 0 bridgehead atoms. The maximum atomic E-state index is 4.87. The van der Waals surface area contributed by atoms with Crippen molar-refractivity contribution in [2.75, 3.05) is 4.90 Å². The number of para-hydroxylation sites is 1. The molecule has 5 heteroatoms. The minimum atomic E-state index is -0.381. The molecule has 31 heavy (non-hydrogen) atoms. The molecule has 3 aromatic carbocycles. The van der Waals surface area contributed by atoms with Gasteiger partial charge in [0.25, 0.3) is 0 Å². The van der Waals surface area contributed by atoms with Crippen molar-refractivity contribution >= 4 is 23.5 Å².